The number of nitrogens with zero attached hydrogens (tertiary/aromatic N) is 1. The van der Waals surface area contributed by atoms with Gasteiger partial charge in [0.1, 0.15) is 0 Å². The lowest BCUT2D eigenvalue weighted by atomic mass is 10.0. The van der Waals surface area contributed by atoms with Gasteiger partial charge in [-0.15, -0.1) is 0 Å². The zero-order chi connectivity index (χ0) is 12.8. The highest BCUT2D eigenvalue weighted by Gasteiger charge is 2.10. The van der Waals surface area contributed by atoms with Crippen molar-refractivity contribution >= 4 is 15.9 Å². The summed E-state index contributed by atoms with van der Waals surface area (Å²) in [7, 11) is 0. The predicted octanol–water partition coefficient (Wildman–Crippen LogP) is 4.30. The molecule has 0 radical (unpaired) electrons. The molecule has 0 unspecified atom stereocenters. The van der Waals surface area contributed by atoms with Gasteiger partial charge in [-0.05, 0) is 51.8 Å². The first-order chi connectivity index (χ1) is 8.04. The van der Waals surface area contributed by atoms with Crippen LogP contribution in [-0.2, 0) is 6.54 Å². The molecule has 96 valence electrons. The van der Waals surface area contributed by atoms with Crippen LogP contribution < -0.4 is 0 Å². The van der Waals surface area contributed by atoms with Crippen LogP contribution in [0.1, 0.15) is 37.0 Å². The van der Waals surface area contributed by atoms with Crippen LogP contribution in [0.5, 0.6) is 0 Å². The molecule has 0 heterocycles. The number of hydrogen-bond donors (Lipinski definition) is 0. The van der Waals surface area contributed by atoms with Crippen molar-refractivity contribution in [3.8, 4) is 0 Å². The Hall–Kier alpha value is -0.340. The third-order valence-corrected chi connectivity index (χ3v) is 3.75. The van der Waals surface area contributed by atoms with E-state index in [-0.39, 0.29) is 0 Å². The highest BCUT2D eigenvalue weighted by molar-refractivity contribution is 9.09. The van der Waals surface area contributed by atoms with Crippen molar-refractivity contribution in [2.45, 2.75) is 46.7 Å². The Morgan fingerprint density at radius 1 is 1.24 bits per heavy atom. The summed E-state index contributed by atoms with van der Waals surface area (Å²) >= 11 is 3.51. The van der Waals surface area contributed by atoms with Crippen LogP contribution in [0.25, 0.3) is 0 Å². The van der Waals surface area contributed by atoms with E-state index in [4.69, 9.17) is 0 Å². The van der Waals surface area contributed by atoms with E-state index >= 15 is 0 Å². The third-order valence-electron chi connectivity index (χ3n) is 3.19. The van der Waals surface area contributed by atoms with Crippen LogP contribution in [0.3, 0.4) is 0 Å². The molecular formula is C15H24BrN. The molecule has 0 aliphatic rings. The van der Waals surface area contributed by atoms with Crippen molar-refractivity contribution < 1.29 is 0 Å². The van der Waals surface area contributed by atoms with Gasteiger partial charge in [0.15, 0.2) is 0 Å². The number of hydrogen-bond acceptors (Lipinski definition) is 1. The van der Waals surface area contributed by atoms with E-state index in [0.29, 0.717) is 6.04 Å². The topological polar surface area (TPSA) is 3.24 Å². The van der Waals surface area contributed by atoms with Crippen molar-refractivity contribution in [3.63, 3.8) is 0 Å². The van der Waals surface area contributed by atoms with Gasteiger partial charge in [-0.3, -0.25) is 4.90 Å². The molecular weight excluding hydrogens is 274 g/mol. The molecule has 17 heavy (non-hydrogen) atoms. The first kappa shape index (κ1) is 14.7. The summed E-state index contributed by atoms with van der Waals surface area (Å²) in [6, 6.07) is 7.35. The molecule has 0 N–H and O–H groups in total. The van der Waals surface area contributed by atoms with Crippen LogP contribution in [0.15, 0.2) is 18.2 Å². The molecule has 1 aromatic rings. The first-order valence-electron chi connectivity index (χ1n) is 6.40. The van der Waals surface area contributed by atoms with Gasteiger partial charge in [0.2, 0.25) is 0 Å². The van der Waals surface area contributed by atoms with E-state index in [0.717, 1.165) is 18.4 Å². The molecule has 0 fully saturated rings. The molecule has 0 saturated heterocycles. The summed E-state index contributed by atoms with van der Waals surface area (Å²) in [5.74, 6) is 0. The lowest BCUT2D eigenvalue weighted by Gasteiger charge is -2.27. The van der Waals surface area contributed by atoms with Gasteiger partial charge < -0.3 is 0 Å². The lowest BCUT2D eigenvalue weighted by molar-refractivity contribution is 0.213. The molecule has 1 aromatic carbocycles. The number of aryl methyl sites for hydroxylation is 2. The highest BCUT2D eigenvalue weighted by atomic mass is 79.9. The number of benzene rings is 1. The SMILES string of the molecule is Cc1ccc(C)c(CN(CCCBr)C(C)C)c1. The van der Waals surface area contributed by atoms with E-state index in [1.54, 1.807) is 0 Å². The second-order valence-electron chi connectivity index (χ2n) is 5.04. The largest absolute Gasteiger partial charge is 0.297 e. The zero-order valence-electron chi connectivity index (χ0n) is 11.5. The van der Waals surface area contributed by atoms with Crippen LogP contribution >= 0.6 is 15.9 Å². The Labute approximate surface area is 114 Å². The van der Waals surface area contributed by atoms with Crippen LogP contribution in [0, 0.1) is 13.8 Å². The summed E-state index contributed by atoms with van der Waals surface area (Å²) in [5.41, 5.74) is 4.23. The molecule has 0 aliphatic heterocycles. The standard InChI is InChI=1S/C15H24BrN/c1-12(2)17(9-5-8-16)11-15-10-13(3)6-7-14(15)4/h6-7,10,12H,5,8-9,11H2,1-4H3. The molecule has 1 rings (SSSR count). The second-order valence-corrected chi connectivity index (χ2v) is 5.83. The molecule has 0 aliphatic carbocycles. The van der Waals surface area contributed by atoms with Gasteiger partial charge >= 0.3 is 0 Å². The predicted molar refractivity (Wildman–Crippen MR) is 79.9 cm³/mol. The lowest BCUT2D eigenvalue weighted by Crippen LogP contribution is -2.31. The third kappa shape index (κ3) is 4.81. The van der Waals surface area contributed by atoms with Gasteiger partial charge in [0, 0.05) is 17.9 Å². The van der Waals surface area contributed by atoms with Crippen LogP contribution in [0.4, 0.5) is 0 Å². The monoisotopic (exact) mass is 297 g/mol. The fourth-order valence-corrected chi connectivity index (χ4v) is 2.22. The maximum Gasteiger partial charge on any atom is 0.0239 e. The molecule has 0 amide bonds. The minimum Gasteiger partial charge on any atom is -0.297 e. The summed E-state index contributed by atoms with van der Waals surface area (Å²) < 4.78 is 0. The highest BCUT2D eigenvalue weighted by Crippen LogP contribution is 2.15. The number of alkyl halides is 1. The first-order valence-corrected chi connectivity index (χ1v) is 7.53. The Kier molecular flexibility index (Phi) is 6.21. The van der Waals surface area contributed by atoms with E-state index in [2.05, 4.69) is 66.7 Å². The summed E-state index contributed by atoms with van der Waals surface area (Å²) in [6.45, 7) is 11.2. The Morgan fingerprint density at radius 3 is 2.53 bits per heavy atom. The minimum absolute atomic E-state index is 0.606. The van der Waals surface area contributed by atoms with E-state index in [1.807, 2.05) is 0 Å². The molecule has 0 saturated carbocycles. The van der Waals surface area contributed by atoms with Crippen molar-refractivity contribution in [2.24, 2.45) is 0 Å². The molecule has 0 bridgehead atoms. The van der Waals surface area contributed by atoms with Gasteiger partial charge in [-0.2, -0.15) is 0 Å². The average molecular weight is 298 g/mol. The summed E-state index contributed by atoms with van der Waals surface area (Å²) in [6.07, 6.45) is 1.21. The molecule has 1 nitrogen and oxygen atoms in total. The van der Waals surface area contributed by atoms with E-state index in [1.165, 1.54) is 23.1 Å². The summed E-state index contributed by atoms with van der Waals surface area (Å²) in [5, 5.41) is 1.09. The quantitative estimate of drug-likeness (QED) is 0.708. The zero-order valence-corrected chi connectivity index (χ0v) is 13.0. The fourth-order valence-electron chi connectivity index (χ4n) is 1.97. The van der Waals surface area contributed by atoms with Crippen molar-refractivity contribution in [1.29, 1.82) is 0 Å². The fraction of sp³-hybridized carbons (Fsp3) is 0.600. The molecule has 0 atom stereocenters. The Bertz CT molecular complexity index is 347. The number of rotatable bonds is 6. The van der Waals surface area contributed by atoms with E-state index < -0.39 is 0 Å². The number of halogens is 1. The molecule has 2 heteroatoms. The minimum atomic E-state index is 0.606. The Balaban J connectivity index is 2.74. The maximum atomic E-state index is 3.51. The van der Waals surface area contributed by atoms with Gasteiger partial charge in [-0.1, -0.05) is 39.7 Å². The average Bonchev–Trinajstić information content (AvgIpc) is 2.28. The summed E-state index contributed by atoms with van der Waals surface area (Å²) in [4.78, 5) is 2.54. The second kappa shape index (κ2) is 7.17. The normalized spacial score (nSPS) is 11.5. The molecule has 0 spiro atoms. The smallest absolute Gasteiger partial charge is 0.0239 e. The van der Waals surface area contributed by atoms with Crippen molar-refractivity contribution in [3.05, 3.63) is 34.9 Å². The van der Waals surface area contributed by atoms with Gasteiger partial charge in [0.25, 0.3) is 0 Å². The van der Waals surface area contributed by atoms with Crippen molar-refractivity contribution in [1.82, 2.24) is 4.90 Å². The van der Waals surface area contributed by atoms with Crippen LogP contribution in [-0.4, -0.2) is 22.8 Å². The van der Waals surface area contributed by atoms with Gasteiger partial charge in [0.05, 0.1) is 0 Å². The maximum absolute atomic E-state index is 3.51. The molecule has 0 aromatic heterocycles. The Morgan fingerprint density at radius 2 is 1.94 bits per heavy atom. The van der Waals surface area contributed by atoms with Gasteiger partial charge in [-0.25, -0.2) is 0 Å². The van der Waals surface area contributed by atoms with Crippen molar-refractivity contribution in [2.75, 3.05) is 11.9 Å². The van der Waals surface area contributed by atoms with E-state index in [9.17, 15) is 0 Å². The van der Waals surface area contributed by atoms with Crippen LogP contribution in [0.2, 0.25) is 0 Å².